The fourth-order valence-corrected chi connectivity index (χ4v) is 4.32. The molecule has 8 heteroatoms. The molecule has 0 radical (unpaired) electrons. The number of rotatable bonds is 5. The molecule has 7 nitrogen and oxygen atoms in total. The third-order valence-electron chi connectivity index (χ3n) is 5.52. The third kappa shape index (κ3) is 3.74. The molecule has 0 bridgehead atoms. The van der Waals surface area contributed by atoms with Crippen molar-refractivity contribution in [2.45, 2.75) is 25.6 Å². The van der Waals surface area contributed by atoms with Gasteiger partial charge in [0.05, 0.1) is 18.1 Å². The number of benzene rings is 2. The molecule has 2 heterocycles. The van der Waals surface area contributed by atoms with Gasteiger partial charge in [-0.2, -0.15) is 0 Å². The number of para-hydroxylation sites is 1. The van der Waals surface area contributed by atoms with Crippen molar-refractivity contribution in [2.24, 2.45) is 0 Å². The van der Waals surface area contributed by atoms with Crippen LogP contribution in [-0.2, 0) is 13.1 Å². The summed E-state index contributed by atoms with van der Waals surface area (Å²) < 4.78 is 7.41. The van der Waals surface area contributed by atoms with Crippen molar-refractivity contribution in [2.75, 3.05) is 13.7 Å². The summed E-state index contributed by atoms with van der Waals surface area (Å²) in [7, 11) is 1.52. The Kier molecular flexibility index (Phi) is 5.65. The topological polar surface area (TPSA) is 80.8 Å². The Morgan fingerprint density at radius 1 is 1.23 bits per heavy atom. The molecule has 1 aliphatic heterocycles. The molecule has 1 aliphatic rings. The molecule has 30 heavy (non-hydrogen) atoms. The zero-order valence-electron chi connectivity index (χ0n) is 16.5. The maximum atomic E-state index is 11.4. The molecule has 0 spiro atoms. The lowest BCUT2D eigenvalue weighted by molar-refractivity contribution is -0.384. The van der Waals surface area contributed by atoms with Gasteiger partial charge in [0.2, 0.25) is 0 Å². The number of ether oxygens (including phenoxy) is 1. The molecule has 0 amide bonds. The number of hydrogen-bond donors (Lipinski definition) is 1. The van der Waals surface area contributed by atoms with Gasteiger partial charge in [0.25, 0.3) is 5.69 Å². The average Bonchev–Trinajstić information content (AvgIpc) is 3.12. The number of phenols is 1. The van der Waals surface area contributed by atoms with Gasteiger partial charge in [-0.25, -0.2) is 0 Å². The molecule has 0 unspecified atom stereocenters. The van der Waals surface area contributed by atoms with Gasteiger partial charge >= 0.3 is 0 Å². The first-order valence-electron chi connectivity index (χ1n) is 9.67. The number of fused-ring (bicyclic) bond motifs is 1. The van der Waals surface area contributed by atoms with Crippen molar-refractivity contribution >= 4 is 17.3 Å². The van der Waals surface area contributed by atoms with E-state index in [4.69, 9.17) is 16.3 Å². The summed E-state index contributed by atoms with van der Waals surface area (Å²) in [5.74, 6) is 0.513. The lowest BCUT2D eigenvalue weighted by Crippen LogP contribution is -2.29. The molecule has 0 saturated heterocycles. The van der Waals surface area contributed by atoms with Gasteiger partial charge in [-0.15, -0.1) is 0 Å². The van der Waals surface area contributed by atoms with E-state index < -0.39 is 4.92 Å². The summed E-state index contributed by atoms with van der Waals surface area (Å²) in [4.78, 5) is 13.2. The van der Waals surface area contributed by atoms with E-state index in [1.165, 1.54) is 13.2 Å². The molecule has 4 rings (SSSR count). The fraction of sp³-hybridized carbons (Fsp3) is 0.273. The second kappa shape index (κ2) is 8.38. The molecule has 0 aliphatic carbocycles. The molecule has 0 fully saturated rings. The number of hydrogen-bond acceptors (Lipinski definition) is 5. The molecule has 3 aromatic rings. The molecule has 1 N–H and O–H groups in total. The second-order valence-corrected chi connectivity index (χ2v) is 7.69. The Hall–Kier alpha value is -3.03. The number of halogens is 1. The Balaban J connectivity index is 1.82. The van der Waals surface area contributed by atoms with E-state index in [0.717, 1.165) is 30.8 Å². The van der Waals surface area contributed by atoms with E-state index in [-0.39, 0.29) is 17.5 Å². The lowest BCUT2D eigenvalue weighted by atomic mass is 10.00. The number of nitro groups is 1. The number of methoxy groups -OCH3 is 1. The number of aromatic hydroxyl groups is 1. The third-order valence-corrected chi connectivity index (χ3v) is 5.86. The quantitative estimate of drug-likeness (QED) is 0.469. The fourth-order valence-electron chi connectivity index (χ4n) is 4.10. The molecule has 2 aromatic carbocycles. The van der Waals surface area contributed by atoms with E-state index in [1.807, 2.05) is 30.5 Å². The number of phenolic OH excluding ortho intramolecular Hbond substituents is 1. The minimum atomic E-state index is -0.409. The van der Waals surface area contributed by atoms with E-state index in [1.54, 1.807) is 18.2 Å². The highest BCUT2D eigenvalue weighted by atomic mass is 35.5. The van der Waals surface area contributed by atoms with Crippen LogP contribution in [0.5, 0.6) is 11.5 Å². The predicted molar refractivity (Wildman–Crippen MR) is 114 cm³/mol. The zero-order valence-corrected chi connectivity index (χ0v) is 17.2. The van der Waals surface area contributed by atoms with E-state index in [2.05, 4.69) is 9.47 Å². The Bertz CT molecular complexity index is 1080. The standard InChI is InChI=1S/C22H22ClN3O4/c1-30-20-7-2-5-15(22(20)27)14-25-12-4-11-24-10-3-6-19(24)21(25)17-13-16(26(28)29)8-9-18(17)23/h2-3,5-10,13,21,27H,4,11-12,14H2,1H3/t21-/m1/s1. The van der Waals surface area contributed by atoms with Crippen LogP contribution in [-0.4, -0.2) is 33.2 Å². The van der Waals surface area contributed by atoms with Crippen LogP contribution in [0.2, 0.25) is 5.02 Å². The largest absolute Gasteiger partial charge is 0.504 e. The predicted octanol–water partition coefficient (Wildman–Crippen LogP) is 4.76. The summed E-state index contributed by atoms with van der Waals surface area (Å²) in [6, 6.07) is 13.6. The number of nitro benzene ring substituents is 1. The van der Waals surface area contributed by atoms with Gasteiger partial charge in [0.1, 0.15) is 0 Å². The van der Waals surface area contributed by atoms with Gasteiger partial charge in [0.15, 0.2) is 11.5 Å². The summed E-state index contributed by atoms with van der Waals surface area (Å²) in [6.07, 6.45) is 2.91. The van der Waals surface area contributed by atoms with Crippen LogP contribution in [0.1, 0.15) is 29.3 Å². The number of non-ortho nitro benzene ring substituents is 1. The van der Waals surface area contributed by atoms with Crippen molar-refractivity contribution < 1.29 is 14.8 Å². The van der Waals surface area contributed by atoms with Gasteiger partial charge in [0, 0.05) is 59.8 Å². The first-order chi connectivity index (χ1) is 14.5. The number of aromatic nitrogens is 1. The zero-order chi connectivity index (χ0) is 21.3. The SMILES string of the molecule is COc1cccc(CN2CCCn3cccc3[C@H]2c2cc([N+](=O)[O-])ccc2Cl)c1O. The van der Waals surface area contributed by atoms with E-state index in [0.29, 0.717) is 22.9 Å². The molecular formula is C22H22ClN3O4. The van der Waals surface area contributed by atoms with Crippen LogP contribution >= 0.6 is 11.6 Å². The minimum absolute atomic E-state index is 0.000862. The van der Waals surface area contributed by atoms with Crippen molar-refractivity contribution in [3.8, 4) is 11.5 Å². The molecule has 156 valence electrons. The van der Waals surface area contributed by atoms with E-state index in [9.17, 15) is 15.2 Å². The van der Waals surface area contributed by atoms with Crippen molar-refractivity contribution in [1.82, 2.24) is 9.47 Å². The molecule has 1 atom stereocenters. The smallest absolute Gasteiger partial charge is 0.269 e. The summed E-state index contributed by atoms with van der Waals surface area (Å²) >= 11 is 6.54. The van der Waals surface area contributed by atoms with Crippen LogP contribution in [0.15, 0.2) is 54.7 Å². The number of nitrogens with zero attached hydrogens (tertiary/aromatic N) is 3. The van der Waals surface area contributed by atoms with Gasteiger partial charge in [-0.1, -0.05) is 23.7 Å². The van der Waals surface area contributed by atoms with Crippen LogP contribution in [0.3, 0.4) is 0 Å². The summed E-state index contributed by atoms with van der Waals surface area (Å²) in [5.41, 5.74) is 2.41. The molecular weight excluding hydrogens is 406 g/mol. The van der Waals surface area contributed by atoms with Crippen molar-refractivity contribution in [3.05, 3.63) is 86.7 Å². The van der Waals surface area contributed by atoms with Crippen LogP contribution in [0, 0.1) is 10.1 Å². The minimum Gasteiger partial charge on any atom is -0.504 e. The van der Waals surface area contributed by atoms with Crippen LogP contribution in [0.25, 0.3) is 0 Å². The maximum absolute atomic E-state index is 11.4. The Morgan fingerprint density at radius 2 is 2.07 bits per heavy atom. The normalized spacial score (nSPS) is 16.7. The van der Waals surface area contributed by atoms with Crippen molar-refractivity contribution in [3.63, 3.8) is 0 Å². The highest BCUT2D eigenvalue weighted by molar-refractivity contribution is 6.31. The monoisotopic (exact) mass is 427 g/mol. The van der Waals surface area contributed by atoms with E-state index >= 15 is 0 Å². The van der Waals surface area contributed by atoms with Crippen LogP contribution in [0.4, 0.5) is 5.69 Å². The second-order valence-electron chi connectivity index (χ2n) is 7.28. The van der Waals surface area contributed by atoms with Gasteiger partial charge < -0.3 is 14.4 Å². The first-order valence-corrected chi connectivity index (χ1v) is 10.0. The Labute approximate surface area is 179 Å². The maximum Gasteiger partial charge on any atom is 0.269 e. The lowest BCUT2D eigenvalue weighted by Gasteiger charge is -2.31. The van der Waals surface area contributed by atoms with Gasteiger partial charge in [-0.3, -0.25) is 15.0 Å². The molecule has 0 saturated carbocycles. The van der Waals surface area contributed by atoms with Gasteiger partial charge in [-0.05, 0) is 30.7 Å². The first kappa shape index (κ1) is 20.3. The molecule has 1 aromatic heterocycles. The highest BCUT2D eigenvalue weighted by Crippen LogP contribution is 2.39. The van der Waals surface area contributed by atoms with Crippen LogP contribution < -0.4 is 4.74 Å². The highest BCUT2D eigenvalue weighted by Gasteiger charge is 2.31. The number of aryl methyl sites for hydroxylation is 1. The summed E-state index contributed by atoms with van der Waals surface area (Å²) in [5, 5.41) is 22.5. The van der Waals surface area contributed by atoms with Crippen molar-refractivity contribution in [1.29, 1.82) is 0 Å². The summed E-state index contributed by atoms with van der Waals surface area (Å²) in [6.45, 7) is 2.02. The average molecular weight is 428 g/mol. The Morgan fingerprint density at radius 3 is 2.83 bits per heavy atom.